The average molecular weight is 178 g/mol. The highest BCUT2D eigenvalue weighted by atomic mass is 16.5. The molecule has 0 spiro atoms. The van der Waals surface area contributed by atoms with Gasteiger partial charge in [0.2, 0.25) is 0 Å². The lowest BCUT2D eigenvalue weighted by molar-refractivity contribution is 0.417. The third kappa shape index (κ3) is 1.75. The van der Waals surface area contributed by atoms with Gasteiger partial charge in [0.25, 0.3) is 0 Å². The molecule has 0 amide bonds. The molecular weight excluding hydrogens is 164 g/mol. The number of nitrogens with one attached hydrogen (secondary N) is 1. The molecule has 3 heteroatoms. The molecule has 1 aromatic carbocycles. The van der Waals surface area contributed by atoms with E-state index in [0.717, 1.165) is 11.3 Å². The van der Waals surface area contributed by atoms with Crippen LogP contribution in [-0.4, -0.2) is 14.2 Å². The van der Waals surface area contributed by atoms with E-state index in [1.807, 2.05) is 19.2 Å². The van der Waals surface area contributed by atoms with Crippen molar-refractivity contribution in [3.05, 3.63) is 24.3 Å². The predicted molar refractivity (Wildman–Crippen MR) is 57.0 cm³/mol. The maximum Gasteiger partial charge on any atom is 0.143 e. The zero-order chi connectivity index (χ0) is 9.84. The highest BCUT2D eigenvalue weighted by Crippen LogP contribution is 2.29. The summed E-state index contributed by atoms with van der Waals surface area (Å²) in [6, 6.07) is 3.68. The van der Waals surface area contributed by atoms with Crippen molar-refractivity contribution >= 4 is 17.5 Å². The van der Waals surface area contributed by atoms with Crippen molar-refractivity contribution in [1.82, 2.24) is 0 Å². The van der Waals surface area contributed by atoms with Crippen molar-refractivity contribution < 1.29 is 4.74 Å². The molecule has 1 aromatic rings. The fourth-order valence-corrected chi connectivity index (χ4v) is 1.18. The number of anilines is 2. The molecule has 0 aliphatic heterocycles. The van der Waals surface area contributed by atoms with Gasteiger partial charge in [-0.15, -0.1) is 0 Å². The van der Waals surface area contributed by atoms with Crippen LogP contribution in [-0.2, 0) is 0 Å². The highest BCUT2D eigenvalue weighted by Gasteiger charge is 2.04. The Kier molecular flexibility index (Phi) is 2.80. The van der Waals surface area contributed by atoms with E-state index in [9.17, 15) is 0 Å². The van der Waals surface area contributed by atoms with Gasteiger partial charge in [-0.1, -0.05) is 12.7 Å². The van der Waals surface area contributed by atoms with Crippen molar-refractivity contribution in [2.45, 2.75) is 0 Å². The Balaban J connectivity index is 3.26. The molecule has 0 atom stereocenters. The second kappa shape index (κ2) is 3.85. The van der Waals surface area contributed by atoms with Gasteiger partial charge in [0.15, 0.2) is 0 Å². The van der Waals surface area contributed by atoms with Gasteiger partial charge in [-0.2, -0.15) is 0 Å². The van der Waals surface area contributed by atoms with E-state index in [0.29, 0.717) is 11.4 Å². The van der Waals surface area contributed by atoms with Gasteiger partial charge in [0.1, 0.15) is 5.75 Å². The smallest absolute Gasteiger partial charge is 0.143 e. The standard InChI is InChI=1S/C10H14N2O/c1-4-7-5-8(11)10(13-3)6-9(7)12-2/h4-6,12H,1,11H2,2-3H3. The largest absolute Gasteiger partial charge is 0.495 e. The van der Waals surface area contributed by atoms with Crippen LogP contribution in [0.4, 0.5) is 11.4 Å². The summed E-state index contributed by atoms with van der Waals surface area (Å²) in [4.78, 5) is 0. The summed E-state index contributed by atoms with van der Waals surface area (Å²) in [5.41, 5.74) is 8.28. The van der Waals surface area contributed by atoms with E-state index in [1.165, 1.54) is 0 Å². The third-order valence-electron chi connectivity index (χ3n) is 1.89. The number of rotatable bonds is 3. The van der Waals surface area contributed by atoms with Crippen LogP contribution in [0.1, 0.15) is 5.56 Å². The quantitative estimate of drug-likeness (QED) is 0.695. The van der Waals surface area contributed by atoms with Crippen LogP contribution in [0.5, 0.6) is 5.75 Å². The molecule has 3 nitrogen and oxygen atoms in total. The van der Waals surface area contributed by atoms with E-state index in [1.54, 1.807) is 13.2 Å². The van der Waals surface area contributed by atoms with E-state index in [-0.39, 0.29) is 0 Å². The normalized spacial score (nSPS) is 9.38. The SMILES string of the molecule is C=Cc1cc(N)c(OC)cc1NC. The fraction of sp³-hybridized carbons (Fsp3) is 0.200. The lowest BCUT2D eigenvalue weighted by Crippen LogP contribution is -1.97. The first-order valence-electron chi connectivity index (χ1n) is 4.00. The fourth-order valence-electron chi connectivity index (χ4n) is 1.18. The Labute approximate surface area is 78.2 Å². The minimum Gasteiger partial charge on any atom is -0.495 e. The number of ether oxygens (including phenoxy) is 1. The number of methoxy groups -OCH3 is 1. The van der Waals surface area contributed by atoms with Gasteiger partial charge < -0.3 is 15.8 Å². The molecule has 0 unspecified atom stereocenters. The van der Waals surface area contributed by atoms with Crippen LogP contribution in [0.2, 0.25) is 0 Å². The number of benzene rings is 1. The average Bonchev–Trinajstić information content (AvgIpc) is 2.17. The van der Waals surface area contributed by atoms with Gasteiger partial charge in [-0.3, -0.25) is 0 Å². The second-order valence-electron chi connectivity index (χ2n) is 2.64. The Morgan fingerprint density at radius 2 is 2.23 bits per heavy atom. The topological polar surface area (TPSA) is 47.3 Å². The third-order valence-corrected chi connectivity index (χ3v) is 1.89. The van der Waals surface area contributed by atoms with E-state index in [2.05, 4.69) is 11.9 Å². The lowest BCUT2D eigenvalue weighted by atomic mass is 10.1. The van der Waals surface area contributed by atoms with Crippen molar-refractivity contribution in [1.29, 1.82) is 0 Å². The van der Waals surface area contributed by atoms with Crippen molar-refractivity contribution in [3.8, 4) is 5.75 Å². The van der Waals surface area contributed by atoms with Crippen LogP contribution in [0.3, 0.4) is 0 Å². The molecule has 0 aliphatic carbocycles. The molecule has 0 aliphatic rings. The summed E-state index contributed by atoms with van der Waals surface area (Å²) in [5.74, 6) is 0.676. The van der Waals surface area contributed by atoms with E-state index in [4.69, 9.17) is 10.5 Å². The summed E-state index contributed by atoms with van der Waals surface area (Å²) in [6.07, 6.45) is 1.75. The summed E-state index contributed by atoms with van der Waals surface area (Å²) in [7, 11) is 3.44. The first kappa shape index (κ1) is 9.45. The summed E-state index contributed by atoms with van der Waals surface area (Å²) >= 11 is 0. The van der Waals surface area contributed by atoms with E-state index >= 15 is 0 Å². The van der Waals surface area contributed by atoms with E-state index < -0.39 is 0 Å². The van der Waals surface area contributed by atoms with Gasteiger partial charge in [-0.05, 0) is 11.6 Å². The Morgan fingerprint density at radius 1 is 1.54 bits per heavy atom. The van der Waals surface area contributed by atoms with Gasteiger partial charge in [-0.25, -0.2) is 0 Å². The van der Waals surface area contributed by atoms with Gasteiger partial charge in [0.05, 0.1) is 12.8 Å². The van der Waals surface area contributed by atoms with Crippen molar-refractivity contribution in [3.63, 3.8) is 0 Å². The molecule has 0 bridgehead atoms. The van der Waals surface area contributed by atoms with Crippen molar-refractivity contribution in [2.24, 2.45) is 0 Å². The Morgan fingerprint density at radius 3 is 2.69 bits per heavy atom. The zero-order valence-electron chi connectivity index (χ0n) is 7.92. The lowest BCUT2D eigenvalue weighted by Gasteiger charge is -2.10. The zero-order valence-corrected chi connectivity index (χ0v) is 7.92. The number of hydrogen-bond acceptors (Lipinski definition) is 3. The molecule has 3 N–H and O–H groups in total. The molecule has 0 saturated heterocycles. The van der Waals surface area contributed by atoms with Crippen LogP contribution >= 0.6 is 0 Å². The maximum absolute atomic E-state index is 5.73. The number of nitrogen functional groups attached to an aromatic ring is 1. The first-order chi connectivity index (χ1) is 6.22. The van der Waals surface area contributed by atoms with Crippen LogP contribution in [0, 0.1) is 0 Å². The summed E-state index contributed by atoms with van der Waals surface area (Å²) in [5, 5.41) is 3.04. The summed E-state index contributed by atoms with van der Waals surface area (Å²) in [6.45, 7) is 3.70. The number of nitrogens with two attached hydrogens (primary N) is 1. The van der Waals surface area contributed by atoms with Gasteiger partial charge >= 0.3 is 0 Å². The molecule has 0 heterocycles. The van der Waals surface area contributed by atoms with Gasteiger partial charge in [0, 0.05) is 18.8 Å². The monoisotopic (exact) mass is 178 g/mol. The molecule has 13 heavy (non-hydrogen) atoms. The molecule has 0 aromatic heterocycles. The van der Waals surface area contributed by atoms with Crippen molar-refractivity contribution in [2.75, 3.05) is 25.2 Å². The first-order valence-corrected chi connectivity index (χ1v) is 4.00. The Hall–Kier alpha value is -1.64. The minimum atomic E-state index is 0.622. The molecule has 0 fully saturated rings. The van der Waals surface area contributed by atoms with Crippen LogP contribution < -0.4 is 15.8 Å². The minimum absolute atomic E-state index is 0.622. The molecule has 1 rings (SSSR count). The molecule has 70 valence electrons. The van der Waals surface area contributed by atoms with Crippen LogP contribution in [0.25, 0.3) is 6.08 Å². The molecule has 0 radical (unpaired) electrons. The second-order valence-corrected chi connectivity index (χ2v) is 2.64. The highest BCUT2D eigenvalue weighted by molar-refractivity contribution is 5.73. The molecule has 0 saturated carbocycles. The summed E-state index contributed by atoms with van der Waals surface area (Å²) < 4.78 is 5.09. The number of hydrogen-bond donors (Lipinski definition) is 2. The van der Waals surface area contributed by atoms with Crippen LogP contribution in [0.15, 0.2) is 18.7 Å². The molecular formula is C10H14N2O. The predicted octanol–water partition coefficient (Wildman–Crippen LogP) is 1.96. The maximum atomic E-state index is 5.73. The Bertz CT molecular complexity index is 321.